The van der Waals surface area contributed by atoms with Gasteiger partial charge in [0.05, 0.1) is 11.6 Å². The summed E-state index contributed by atoms with van der Waals surface area (Å²) in [6.07, 6.45) is 8.00. The van der Waals surface area contributed by atoms with Gasteiger partial charge in [0.2, 0.25) is 5.95 Å². The predicted octanol–water partition coefficient (Wildman–Crippen LogP) is 2.02. The number of anilines is 2. The first-order valence-corrected chi connectivity index (χ1v) is 7.24. The number of aromatic amines is 1. The fraction of sp³-hybridized carbons (Fsp3) is 0.615. The van der Waals surface area contributed by atoms with Gasteiger partial charge in [-0.1, -0.05) is 26.2 Å². The average Bonchev–Trinajstić information content (AvgIpc) is 2.96. The number of nitrogens with one attached hydrogen (secondary N) is 3. The highest BCUT2D eigenvalue weighted by Crippen LogP contribution is 2.30. The zero-order valence-corrected chi connectivity index (χ0v) is 11.7. The molecular weight excluding hydrogens is 254 g/mol. The van der Waals surface area contributed by atoms with E-state index in [1.54, 1.807) is 6.20 Å². The van der Waals surface area contributed by atoms with Crippen LogP contribution in [0.5, 0.6) is 0 Å². The zero-order valence-electron chi connectivity index (χ0n) is 11.7. The van der Waals surface area contributed by atoms with Crippen LogP contribution in [-0.2, 0) is 0 Å². The van der Waals surface area contributed by atoms with E-state index in [-0.39, 0.29) is 0 Å². The third kappa shape index (κ3) is 2.53. The van der Waals surface area contributed by atoms with Gasteiger partial charge < -0.3 is 5.32 Å². The number of fused-ring (bicyclic) bond motifs is 1. The highest BCUT2D eigenvalue weighted by Gasteiger charge is 2.22. The maximum Gasteiger partial charge on any atom is 0.241 e. The van der Waals surface area contributed by atoms with Gasteiger partial charge in [-0.3, -0.25) is 10.5 Å². The Bertz CT molecular complexity index is 579. The second-order valence-corrected chi connectivity index (χ2v) is 5.45. The first kappa shape index (κ1) is 13.1. The summed E-state index contributed by atoms with van der Waals surface area (Å²) >= 11 is 0. The van der Waals surface area contributed by atoms with Crippen LogP contribution in [0.3, 0.4) is 0 Å². The molecule has 0 spiro atoms. The monoisotopic (exact) mass is 275 g/mol. The van der Waals surface area contributed by atoms with Crippen LogP contribution >= 0.6 is 0 Å². The fourth-order valence-electron chi connectivity index (χ4n) is 3.00. The lowest BCUT2D eigenvalue weighted by Crippen LogP contribution is -2.27. The standard InChI is InChI=1S/C13H21N7/c1-2-8-4-3-5-9(6-8)16-11-10-7-15-20-12(10)18-13(17-11)19-14/h7-9H,2-6,14H2,1H3,(H3,15,16,17,18,19,20). The van der Waals surface area contributed by atoms with Gasteiger partial charge in [0.1, 0.15) is 5.82 Å². The Morgan fingerprint density at radius 2 is 2.30 bits per heavy atom. The van der Waals surface area contributed by atoms with E-state index in [0.29, 0.717) is 17.6 Å². The summed E-state index contributed by atoms with van der Waals surface area (Å²) < 4.78 is 0. The van der Waals surface area contributed by atoms with Gasteiger partial charge in [0, 0.05) is 6.04 Å². The summed E-state index contributed by atoms with van der Waals surface area (Å²) in [4.78, 5) is 8.65. The van der Waals surface area contributed by atoms with Crippen LogP contribution in [-0.4, -0.2) is 26.2 Å². The molecule has 2 aromatic rings. The van der Waals surface area contributed by atoms with Crippen molar-refractivity contribution in [3.8, 4) is 0 Å². The zero-order chi connectivity index (χ0) is 13.9. The lowest BCUT2D eigenvalue weighted by Gasteiger charge is -2.29. The average molecular weight is 275 g/mol. The quantitative estimate of drug-likeness (QED) is 0.502. The van der Waals surface area contributed by atoms with Crippen LogP contribution in [0.1, 0.15) is 39.0 Å². The minimum atomic E-state index is 0.395. The van der Waals surface area contributed by atoms with Gasteiger partial charge in [0.25, 0.3) is 0 Å². The third-order valence-electron chi connectivity index (χ3n) is 4.14. The lowest BCUT2D eigenvalue weighted by atomic mass is 9.84. The molecule has 0 aromatic carbocycles. The number of nitrogens with two attached hydrogens (primary N) is 1. The molecule has 5 N–H and O–H groups in total. The van der Waals surface area contributed by atoms with Crippen LogP contribution in [0.15, 0.2) is 6.20 Å². The van der Waals surface area contributed by atoms with Crippen molar-refractivity contribution < 1.29 is 0 Å². The Hall–Kier alpha value is -1.89. The summed E-state index contributed by atoms with van der Waals surface area (Å²) in [7, 11) is 0. The van der Waals surface area contributed by atoms with Crippen molar-refractivity contribution in [2.45, 2.75) is 45.1 Å². The van der Waals surface area contributed by atoms with E-state index >= 15 is 0 Å². The van der Waals surface area contributed by atoms with Crippen molar-refractivity contribution in [2.24, 2.45) is 11.8 Å². The normalized spacial score (nSPS) is 22.9. The second-order valence-electron chi connectivity index (χ2n) is 5.45. The minimum Gasteiger partial charge on any atom is -0.367 e. The van der Waals surface area contributed by atoms with Gasteiger partial charge in [-0.25, -0.2) is 5.84 Å². The molecule has 2 heterocycles. The number of nitrogens with zero attached hydrogens (tertiary/aromatic N) is 3. The molecule has 0 radical (unpaired) electrons. The van der Waals surface area contributed by atoms with Gasteiger partial charge in [-0.05, 0) is 18.8 Å². The van der Waals surface area contributed by atoms with Crippen LogP contribution in [0.25, 0.3) is 11.0 Å². The highest BCUT2D eigenvalue weighted by atomic mass is 15.3. The van der Waals surface area contributed by atoms with Crippen LogP contribution in [0, 0.1) is 5.92 Å². The number of aromatic nitrogens is 4. The van der Waals surface area contributed by atoms with Crippen molar-refractivity contribution in [3.63, 3.8) is 0 Å². The van der Waals surface area contributed by atoms with Gasteiger partial charge >= 0.3 is 0 Å². The number of hydrogen-bond acceptors (Lipinski definition) is 6. The molecule has 0 saturated heterocycles. The van der Waals surface area contributed by atoms with Crippen molar-refractivity contribution >= 4 is 22.8 Å². The van der Waals surface area contributed by atoms with Gasteiger partial charge in [-0.15, -0.1) is 0 Å². The molecule has 7 heteroatoms. The summed E-state index contributed by atoms with van der Waals surface area (Å²) in [5.74, 6) is 7.43. The topological polar surface area (TPSA) is 105 Å². The largest absolute Gasteiger partial charge is 0.367 e. The number of hydrogen-bond donors (Lipinski definition) is 4. The molecule has 1 aliphatic carbocycles. The van der Waals surface area contributed by atoms with E-state index in [9.17, 15) is 0 Å². The SMILES string of the molecule is CCC1CCCC(Nc2nc(NN)nc3[nH]ncc23)C1. The number of H-pyrrole nitrogens is 1. The maximum atomic E-state index is 5.42. The van der Waals surface area contributed by atoms with Crippen molar-refractivity contribution in [3.05, 3.63) is 6.20 Å². The Balaban J connectivity index is 1.84. The molecule has 1 fully saturated rings. The van der Waals surface area contributed by atoms with Crippen molar-refractivity contribution in [1.29, 1.82) is 0 Å². The third-order valence-corrected chi connectivity index (χ3v) is 4.14. The molecule has 1 aliphatic rings. The van der Waals surface area contributed by atoms with Gasteiger partial charge in [0.15, 0.2) is 5.65 Å². The maximum absolute atomic E-state index is 5.42. The van der Waals surface area contributed by atoms with Crippen molar-refractivity contribution in [2.75, 3.05) is 10.7 Å². The van der Waals surface area contributed by atoms with E-state index in [2.05, 4.69) is 37.8 Å². The Morgan fingerprint density at radius 3 is 3.10 bits per heavy atom. The smallest absolute Gasteiger partial charge is 0.241 e. The first-order chi connectivity index (χ1) is 9.80. The van der Waals surface area contributed by atoms with Crippen molar-refractivity contribution in [1.82, 2.24) is 20.2 Å². The molecule has 0 amide bonds. The summed E-state index contributed by atoms with van der Waals surface area (Å²) in [6.45, 7) is 2.27. The molecule has 20 heavy (non-hydrogen) atoms. The van der Waals surface area contributed by atoms with E-state index in [1.165, 1.54) is 32.1 Å². The molecule has 108 valence electrons. The lowest BCUT2D eigenvalue weighted by molar-refractivity contribution is 0.327. The molecule has 0 aliphatic heterocycles. The van der Waals surface area contributed by atoms with E-state index in [4.69, 9.17) is 5.84 Å². The number of rotatable bonds is 4. The van der Waals surface area contributed by atoms with Crippen LogP contribution in [0.4, 0.5) is 11.8 Å². The van der Waals surface area contributed by atoms with Gasteiger partial charge in [-0.2, -0.15) is 15.1 Å². The first-order valence-electron chi connectivity index (χ1n) is 7.24. The molecular formula is C13H21N7. The molecule has 3 rings (SSSR count). The predicted molar refractivity (Wildman–Crippen MR) is 79.2 cm³/mol. The molecule has 1 saturated carbocycles. The summed E-state index contributed by atoms with van der Waals surface area (Å²) in [6, 6.07) is 0.465. The fourth-order valence-corrected chi connectivity index (χ4v) is 3.00. The molecule has 2 atom stereocenters. The molecule has 0 bridgehead atoms. The van der Waals surface area contributed by atoms with Crippen LogP contribution in [0.2, 0.25) is 0 Å². The minimum absolute atomic E-state index is 0.395. The van der Waals surface area contributed by atoms with E-state index in [1.807, 2.05) is 0 Å². The Labute approximate surface area is 117 Å². The van der Waals surface area contributed by atoms with E-state index in [0.717, 1.165) is 17.1 Å². The van der Waals surface area contributed by atoms with E-state index < -0.39 is 0 Å². The summed E-state index contributed by atoms with van der Waals surface area (Å²) in [5.41, 5.74) is 3.19. The number of hydrazine groups is 1. The Kier molecular flexibility index (Phi) is 3.68. The molecule has 2 unspecified atom stereocenters. The highest BCUT2D eigenvalue weighted by molar-refractivity contribution is 5.87. The molecule has 2 aromatic heterocycles. The molecule has 7 nitrogen and oxygen atoms in total. The number of nitrogen functional groups attached to an aromatic ring is 1. The second kappa shape index (κ2) is 5.62. The summed E-state index contributed by atoms with van der Waals surface area (Å²) in [5, 5.41) is 11.3. The Morgan fingerprint density at radius 1 is 1.40 bits per heavy atom. The van der Waals surface area contributed by atoms with Crippen LogP contribution < -0.4 is 16.6 Å².